The van der Waals surface area contributed by atoms with Crippen molar-refractivity contribution in [3.63, 3.8) is 0 Å². The van der Waals surface area contributed by atoms with Gasteiger partial charge in [-0.25, -0.2) is 0 Å². The number of aliphatic hydroxyl groups excluding tert-OH is 1. The molecular weight excluding hydrogens is 276 g/mol. The Bertz CT molecular complexity index is 530. The van der Waals surface area contributed by atoms with Crippen LogP contribution in [0.4, 0.5) is 0 Å². The Morgan fingerprint density at radius 3 is 2.59 bits per heavy atom. The Hall–Kier alpha value is -0.940. The highest BCUT2D eigenvalue weighted by Crippen LogP contribution is 2.37. The molecule has 2 fully saturated rings. The number of rotatable bonds is 2. The fraction of sp³-hybridized carbons (Fsp3) is 0.667. The molecule has 1 N–H and O–H groups in total. The van der Waals surface area contributed by atoms with Gasteiger partial charge in [-0.3, -0.25) is 9.80 Å². The summed E-state index contributed by atoms with van der Waals surface area (Å²) in [6.07, 6.45) is 0.659. The van der Waals surface area contributed by atoms with Gasteiger partial charge in [0.1, 0.15) is 0 Å². The maximum Gasteiger partial charge on any atom is 0.0951 e. The molecule has 0 radical (unpaired) electrons. The Labute approximate surface area is 132 Å². The predicted molar refractivity (Wildman–Crippen MR) is 85.8 cm³/mol. The predicted octanol–water partition coefficient (Wildman–Crippen LogP) is 1.30. The summed E-state index contributed by atoms with van der Waals surface area (Å²) < 4.78 is 5.49. The summed E-state index contributed by atoms with van der Waals surface area (Å²) >= 11 is 0. The Morgan fingerprint density at radius 1 is 1.05 bits per heavy atom. The zero-order valence-corrected chi connectivity index (χ0v) is 13.3. The molecule has 0 saturated carbocycles. The van der Waals surface area contributed by atoms with E-state index < -0.39 is 0 Å². The first-order valence-corrected chi connectivity index (χ1v) is 8.56. The van der Waals surface area contributed by atoms with Crippen LogP contribution in [0.5, 0.6) is 0 Å². The standard InChI is InChI=1S/C18H26N2O2/c1-13-11-20(12-17(13)19-6-8-22-9-7-19)16-10-14-4-2-3-5-15(14)18(16)21/h2-5,13,16-18,21H,6-12H2,1H3/t13?,16?,17?,18-/m0/s1. The third kappa shape index (κ3) is 2.48. The van der Waals surface area contributed by atoms with E-state index in [1.165, 1.54) is 5.56 Å². The minimum absolute atomic E-state index is 0.255. The van der Waals surface area contributed by atoms with E-state index in [1.807, 2.05) is 6.07 Å². The molecule has 0 spiro atoms. The maximum atomic E-state index is 10.7. The van der Waals surface area contributed by atoms with Gasteiger partial charge in [-0.1, -0.05) is 31.2 Å². The Kier molecular flexibility index (Phi) is 3.95. The molecule has 1 aliphatic carbocycles. The van der Waals surface area contributed by atoms with Gasteiger partial charge >= 0.3 is 0 Å². The van der Waals surface area contributed by atoms with Gasteiger partial charge in [0.15, 0.2) is 0 Å². The molecular formula is C18H26N2O2. The number of benzene rings is 1. The van der Waals surface area contributed by atoms with E-state index in [9.17, 15) is 5.11 Å². The molecule has 3 unspecified atom stereocenters. The topological polar surface area (TPSA) is 35.9 Å². The van der Waals surface area contributed by atoms with E-state index >= 15 is 0 Å². The number of aliphatic hydroxyl groups is 1. The van der Waals surface area contributed by atoms with E-state index in [0.29, 0.717) is 12.0 Å². The van der Waals surface area contributed by atoms with Gasteiger partial charge in [-0.15, -0.1) is 0 Å². The third-order valence-corrected chi connectivity index (χ3v) is 5.75. The largest absolute Gasteiger partial charge is 0.387 e. The molecule has 0 bridgehead atoms. The molecule has 120 valence electrons. The van der Waals surface area contributed by atoms with Crippen LogP contribution < -0.4 is 0 Å². The summed E-state index contributed by atoms with van der Waals surface area (Å²) in [4.78, 5) is 5.11. The monoisotopic (exact) mass is 302 g/mol. The van der Waals surface area contributed by atoms with Crippen molar-refractivity contribution in [2.45, 2.75) is 31.5 Å². The first-order chi connectivity index (χ1) is 10.7. The van der Waals surface area contributed by atoms with Crippen molar-refractivity contribution in [2.24, 2.45) is 5.92 Å². The second kappa shape index (κ2) is 5.93. The number of morpholine rings is 1. The van der Waals surface area contributed by atoms with Crippen molar-refractivity contribution in [3.8, 4) is 0 Å². The maximum absolute atomic E-state index is 10.7. The van der Waals surface area contributed by atoms with Gasteiger partial charge in [-0.2, -0.15) is 0 Å². The lowest BCUT2D eigenvalue weighted by Gasteiger charge is -2.34. The molecule has 2 aliphatic heterocycles. The highest BCUT2D eigenvalue weighted by Gasteiger charge is 2.42. The molecule has 4 atom stereocenters. The summed E-state index contributed by atoms with van der Waals surface area (Å²) in [5.41, 5.74) is 2.46. The van der Waals surface area contributed by atoms with Crippen LogP contribution in [0.3, 0.4) is 0 Å². The number of hydrogen-bond donors (Lipinski definition) is 1. The van der Waals surface area contributed by atoms with Crippen LogP contribution >= 0.6 is 0 Å². The fourth-order valence-corrected chi connectivity index (χ4v) is 4.52. The lowest BCUT2D eigenvalue weighted by molar-refractivity contribution is 0.00920. The third-order valence-electron chi connectivity index (χ3n) is 5.75. The molecule has 4 nitrogen and oxygen atoms in total. The average molecular weight is 302 g/mol. The van der Waals surface area contributed by atoms with Crippen LogP contribution in [-0.4, -0.2) is 66.4 Å². The highest BCUT2D eigenvalue weighted by atomic mass is 16.5. The minimum Gasteiger partial charge on any atom is -0.387 e. The average Bonchev–Trinajstić information content (AvgIpc) is 3.09. The zero-order valence-electron chi connectivity index (χ0n) is 13.3. The molecule has 2 saturated heterocycles. The highest BCUT2D eigenvalue weighted by molar-refractivity contribution is 5.36. The lowest BCUT2D eigenvalue weighted by Crippen LogP contribution is -2.47. The van der Waals surface area contributed by atoms with E-state index in [1.54, 1.807) is 0 Å². The van der Waals surface area contributed by atoms with Crippen LogP contribution in [0, 0.1) is 5.92 Å². The second-order valence-electron chi connectivity index (χ2n) is 7.06. The first kappa shape index (κ1) is 14.6. The number of fused-ring (bicyclic) bond motifs is 1. The van der Waals surface area contributed by atoms with Crippen LogP contribution in [0.1, 0.15) is 24.2 Å². The minimum atomic E-state index is -0.327. The van der Waals surface area contributed by atoms with E-state index in [2.05, 4.69) is 34.9 Å². The van der Waals surface area contributed by atoms with E-state index in [-0.39, 0.29) is 12.1 Å². The van der Waals surface area contributed by atoms with Gasteiger partial charge < -0.3 is 9.84 Å². The van der Waals surface area contributed by atoms with Crippen molar-refractivity contribution in [1.82, 2.24) is 9.80 Å². The molecule has 2 heterocycles. The quantitative estimate of drug-likeness (QED) is 0.893. The van der Waals surface area contributed by atoms with Crippen molar-refractivity contribution >= 4 is 0 Å². The second-order valence-corrected chi connectivity index (χ2v) is 7.06. The van der Waals surface area contributed by atoms with Crippen LogP contribution in [0.25, 0.3) is 0 Å². The lowest BCUT2D eigenvalue weighted by atomic mass is 10.0. The van der Waals surface area contributed by atoms with Crippen LogP contribution in [-0.2, 0) is 11.2 Å². The van der Waals surface area contributed by atoms with E-state index in [4.69, 9.17) is 4.74 Å². The van der Waals surface area contributed by atoms with Gasteiger partial charge in [-0.05, 0) is 23.5 Å². The molecule has 0 amide bonds. The van der Waals surface area contributed by atoms with Crippen molar-refractivity contribution in [3.05, 3.63) is 35.4 Å². The molecule has 1 aromatic rings. The number of nitrogens with zero attached hydrogens (tertiary/aromatic N) is 2. The molecule has 3 aliphatic rings. The summed E-state index contributed by atoms with van der Waals surface area (Å²) in [5, 5.41) is 10.7. The first-order valence-electron chi connectivity index (χ1n) is 8.56. The zero-order chi connectivity index (χ0) is 15.1. The summed E-state index contributed by atoms with van der Waals surface area (Å²) in [7, 11) is 0. The fourth-order valence-electron chi connectivity index (χ4n) is 4.52. The summed E-state index contributed by atoms with van der Waals surface area (Å²) in [6, 6.07) is 9.23. The SMILES string of the molecule is CC1CN(C2Cc3ccccc3[C@@H]2O)CC1N1CCOCC1. The number of ether oxygens (including phenoxy) is 1. The molecule has 22 heavy (non-hydrogen) atoms. The van der Waals surface area contributed by atoms with E-state index in [0.717, 1.165) is 51.4 Å². The van der Waals surface area contributed by atoms with Crippen molar-refractivity contribution < 1.29 is 9.84 Å². The summed E-state index contributed by atoms with van der Waals surface area (Å²) in [6.45, 7) is 8.36. The summed E-state index contributed by atoms with van der Waals surface area (Å²) in [5.74, 6) is 0.661. The number of likely N-dealkylation sites (tertiary alicyclic amines) is 1. The Morgan fingerprint density at radius 2 is 1.82 bits per heavy atom. The van der Waals surface area contributed by atoms with Gasteiger partial charge in [0.25, 0.3) is 0 Å². The molecule has 4 rings (SSSR count). The van der Waals surface area contributed by atoms with Gasteiger partial charge in [0, 0.05) is 38.3 Å². The van der Waals surface area contributed by atoms with Crippen LogP contribution in [0.2, 0.25) is 0 Å². The van der Waals surface area contributed by atoms with Crippen molar-refractivity contribution in [1.29, 1.82) is 0 Å². The molecule has 0 aromatic heterocycles. The van der Waals surface area contributed by atoms with Gasteiger partial charge in [0.2, 0.25) is 0 Å². The Balaban J connectivity index is 1.46. The molecule has 1 aromatic carbocycles. The van der Waals surface area contributed by atoms with Crippen molar-refractivity contribution in [2.75, 3.05) is 39.4 Å². The smallest absolute Gasteiger partial charge is 0.0951 e. The number of hydrogen-bond acceptors (Lipinski definition) is 4. The molecule has 4 heteroatoms. The van der Waals surface area contributed by atoms with Gasteiger partial charge in [0.05, 0.1) is 19.3 Å². The normalized spacial score (nSPS) is 36.6. The van der Waals surface area contributed by atoms with Crippen LogP contribution in [0.15, 0.2) is 24.3 Å².